The Bertz CT molecular complexity index is 2100. The Morgan fingerprint density at radius 2 is 1.74 bits per heavy atom. The standard InChI is InChI=1S/C43H52N6O4/c1-27-28(2)39(50)46(4)21-35(27)31-16-37(52-5)36(38(17-31)53-6)22-47-14-15-48(43(26-47)11-12-43)20-30-8-7-9-33-29(3)49(13-10-34(30)33)40(51)32(19-44)18-41-23-42(45,24-41)25-41/h7-9,16-18,21,29H,10-15,20,22-26,45H2,1-6H3/b32-18-. The largest absolute Gasteiger partial charge is 0.496 e. The van der Waals surface area contributed by atoms with Crippen LogP contribution in [-0.2, 0) is 31.4 Å². The lowest BCUT2D eigenvalue weighted by Gasteiger charge is -2.68. The van der Waals surface area contributed by atoms with Crippen molar-refractivity contribution in [3.8, 4) is 28.7 Å². The lowest BCUT2D eigenvalue weighted by atomic mass is 9.39. The van der Waals surface area contributed by atoms with Crippen molar-refractivity contribution in [1.82, 2.24) is 19.3 Å². The molecule has 1 saturated heterocycles. The molecule has 6 aliphatic rings. The fourth-order valence-electron chi connectivity index (χ4n) is 10.2. The topological polar surface area (TPSA) is 117 Å². The number of ether oxygens (including phenoxy) is 2. The number of carbonyl (C=O) groups excluding carboxylic acids is 1. The van der Waals surface area contributed by atoms with Gasteiger partial charge in [-0.3, -0.25) is 19.4 Å². The van der Waals surface area contributed by atoms with Crippen LogP contribution in [0.25, 0.3) is 11.1 Å². The summed E-state index contributed by atoms with van der Waals surface area (Å²) in [5, 5.41) is 9.97. The zero-order valence-electron chi connectivity index (χ0n) is 32.1. The molecule has 4 saturated carbocycles. The Balaban J connectivity index is 0.968. The Labute approximate surface area is 312 Å². The van der Waals surface area contributed by atoms with Crippen molar-refractivity contribution in [2.24, 2.45) is 18.2 Å². The van der Waals surface area contributed by atoms with Gasteiger partial charge in [0, 0.05) is 74.7 Å². The molecule has 2 N–H and O–H groups in total. The average molecular weight is 717 g/mol. The molecule has 1 amide bonds. The highest BCUT2D eigenvalue weighted by Crippen LogP contribution is 2.67. The van der Waals surface area contributed by atoms with Gasteiger partial charge >= 0.3 is 0 Å². The summed E-state index contributed by atoms with van der Waals surface area (Å²) in [4.78, 5) is 33.4. The summed E-state index contributed by atoms with van der Waals surface area (Å²) in [5.74, 6) is 1.42. The molecular weight excluding hydrogens is 665 g/mol. The van der Waals surface area contributed by atoms with E-state index in [1.807, 2.05) is 31.0 Å². The molecule has 278 valence electrons. The number of pyridine rings is 1. The maximum Gasteiger partial charge on any atom is 0.264 e. The lowest BCUT2D eigenvalue weighted by molar-refractivity contribution is -0.130. The maximum atomic E-state index is 13.7. The number of methoxy groups -OCH3 is 2. The van der Waals surface area contributed by atoms with E-state index in [-0.39, 0.29) is 39.6 Å². The smallest absolute Gasteiger partial charge is 0.264 e. The van der Waals surface area contributed by atoms with E-state index in [1.165, 1.54) is 29.5 Å². The van der Waals surface area contributed by atoms with E-state index in [0.29, 0.717) is 6.54 Å². The Morgan fingerprint density at radius 3 is 2.36 bits per heavy atom. The van der Waals surface area contributed by atoms with Gasteiger partial charge < -0.3 is 24.7 Å². The summed E-state index contributed by atoms with van der Waals surface area (Å²) in [6.07, 6.45) is 9.59. The Morgan fingerprint density at radius 1 is 1.04 bits per heavy atom. The second kappa shape index (κ2) is 12.9. The molecule has 2 bridgehead atoms. The quantitative estimate of drug-likeness (QED) is 0.234. The monoisotopic (exact) mass is 716 g/mol. The molecule has 0 radical (unpaired) electrons. The van der Waals surface area contributed by atoms with Crippen molar-refractivity contribution in [3.63, 3.8) is 0 Å². The zero-order chi connectivity index (χ0) is 37.4. The molecule has 9 rings (SSSR count). The predicted octanol–water partition coefficient (Wildman–Crippen LogP) is 5.31. The molecule has 1 unspecified atom stereocenters. The summed E-state index contributed by atoms with van der Waals surface area (Å²) < 4.78 is 13.6. The van der Waals surface area contributed by atoms with Crippen molar-refractivity contribution in [1.29, 1.82) is 5.26 Å². The summed E-state index contributed by atoms with van der Waals surface area (Å²) in [5.41, 5.74) is 15.2. The first kappa shape index (κ1) is 35.6. The van der Waals surface area contributed by atoms with Crippen LogP contribution >= 0.6 is 0 Å². The van der Waals surface area contributed by atoms with Gasteiger partial charge in [0.1, 0.15) is 23.1 Å². The predicted molar refractivity (Wildman–Crippen MR) is 205 cm³/mol. The minimum absolute atomic E-state index is 0.0134. The molecule has 4 aliphatic carbocycles. The molecule has 10 nitrogen and oxygen atoms in total. The van der Waals surface area contributed by atoms with Gasteiger partial charge in [-0.25, -0.2) is 0 Å². The van der Waals surface area contributed by atoms with Crippen LogP contribution in [0.5, 0.6) is 11.5 Å². The summed E-state index contributed by atoms with van der Waals surface area (Å²) in [6.45, 7) is 11.1. The van der Waals surface area contributed by atoms with Gasteiger partial charge in [-0.15, -0.1) is 0 Å². The average Bonchev–Trinajstić information content (AvgIpc) is 3.90. The third-order valence-electron chi connectivity index (χ3n) is 13.3. The number of carbonyl (C=O) groups is 1. The Kier molecular flexibility index (Phi) is 8.64. The third kappa shape index (κ3) is 5.98. The van der Waals surface area contributed by atoms with Crippen LogP contribution in [0.4, 0.5) is 0 Å². The van der Waals surface area contributed by atoms with Crippen molar-refractivity contribution in [3.05, 3.63) is 91.9 Å². The van der Waals surface area contributed by atoms with Gasteiger partial charge in [-0.05, 0) is 105 Å². The summed E-state index contributed by atoms with van der Waals surface area (Å²) in [6, 6.07) is 12.8. The molecule has 5 fully saturated rings. The number of nitriles is 1. The number of aromatic nitrogens is 1. The first-order chi connectivity index (χ1) is 25.3. The molecule has 1 atom stereocenters. The van der Waals surface area contributed by atoms with Gasteiger partial charge in [0.2, 0.25) is 0 Å². The number of hydrogen-bond acceptors (Lipinski definition) is 8. The number of rotatable bonds is 9. The van der Waals surface area contributed by atoms with Crippen LogP contribution in [0.3, 0.4) is 0 Å². The highest BCUT2D eigenvalue weighted by molar-refractivity contribution is 5.98. The van der Waals surface area contributed by atoms with E-state index in [9.17, 15) is 14.9 Å². The first-order valence-electron chi connectivity index (χ1n) is 19.1. The molecule has 1 spiro atoms. The molecule has 10 heteroatoms. The number of amides is 1. The number of fused-ring (bicyclic) bond motifs is 1. The molecule has 53 heavy (non-hydrogen) atoms. The van der Waals surface area contributed by atoms with Crippen molar-refractivity contribution in [2.75, 3.05) is 40.4 Å². The number of nitrogens with two attached hydrogens (primary N) is 1. The maximum absolute atomic E-state index is 13.7. The minimum Gasteiger partial charge on any atom is -0.496 e. The lowest BCUT2D eigenvalue weighted by Crippen LogP contribution is -2.71. The summed E-state index contributed by atoms with van der Waals surface area (Å²) >= 11 is 0. The second-order valence-corrected chi connectivity index (χ2v) is 16.8. The van der Waals surface area contributed by atoms with E-state index in [4.69, 9.17) is 15.2 Å². The number of nitrogens with zero attached hydrogens (tertiary/aromatic N) is 5. The van der Waals surface area contributed by atoms with E-state index >= 15 is 0 Å². The number of aryl methyl sites for hydroxylation is 1. The van der Waals surface area contributed by atoms with Crippen molar-refractivity contribution in [2.45, 2.75) is 89.5 Å². The normalized spacial score (nSPS) is 26.0. The number of hydrogen-bond donors (Lipinski definition) is 1. The van der Waals surface area contributed by atoms with Crippen LogP contribution in [0.15, 0.2) is 53.0 Å². The highest BCUT2D eigenvalue weighted by atomic mass is 16.5. The van der Waals surface area contributed by atoms with Crippen molar-refractivity contribution < 1.29 is 14.3 Å². The molecule has 2 aliphatic heterocycles. The van der Waals surface area contributed by atoms with Gasteiger partial charge in [0.25, 0.3) is 11.5 Å². The van der Waals surface area contributed by atoms with Gasteiger partial charge in [0.15, 0.2) is 0 Å². The third-order valence-corrected chi connectivity index (χ3v) is 13.3. The molecular formula is C43H52N6O4. The van der Waals surface area contributed by atoms with Gasteiger partial charge in [0.05, 0.1) is 25.8 Å². The first-order valence-corrected chi connectivity index (χ1v) is 19.1. The molecule has 3 aromatic rings. The fraction of sp³-hybridized carbons (Fsp3) is 0.512. The van der Waals surface area contributed by atoms with E-state index in [0.717, 1.165) is 97.7 Å². The van der Waals surface area contributed by atoms with Crippen molar-refractivity contribution >= 4 is 5.91 Å². The van der Waals surface area contributed by atoms with E-state index in [1.54, 1.807) is 25.8 Å². The van der Waals surface area contributed by atoms with E-state index < -0.39 is 0 Å². The van der Waals surface area contributed by atoms with Gasteiger partial charge in [-0.2, -0.15) is 5.26 Å². The van der Waals surface area contributed by atoms with Gasteiger partial charge in [-0.1, -0.05) is 24.3 Å². The molecule has 1 aromatic heterocycles. The SMILES string of the molecule is COc1cc(-c2cn(C)c(=O)c(C)c2C)cc(OC)c1CN1CCN(Cc2cccc3c2CCN(C(=O)/C(C#N)=C\C24CC(N)(C2)C4)C3C)C2(CC2)C1. The van der Waals surface area contributed by atoms with E-state index in [2.05, 4.69) is 53.1 Å². The van der Waals surface area contributed by atoms with Crippen LogP contribution in [-0.4, -0.2) is 76.7 Å². The fourth-order valence-corrected chi connectivity index (χ4v) is 10.2. The number of allylic oxidation sites excluding steroid dienone is 1. The van der Waals surface area contributed by atoms with Crippen LogP contribution < -0.4 is 20.8 Å². The minimum atomic E-state index is -0.153. The van der Waals surface area contributed by atoms with Crippen LogP contribution in [0.1, 0.15) is 78.5 Å². The summed E-state index contributed by atoms with van der Waals surface area (Å²) in [7, 11) is 5.21. The molecule has 3 heterocycles. The second-order valence-electron chi connectivity index (χ2n) is 16.8. The number of benzene rings is 2. The highest BCUT2D eigenvalue weighted by Gasteiger charge is 2.64. The zero-order valence-corrected chi connectivity index (χ0v) is 32.1. The number of piperazine rings is 1. The van der Waals surface area contributed by atoms with Crippen LogP contribution in [0.2, 0.25) is 0 Å². The Hall–Kier alpha value is -4.43. The van der Waals surface area contributed by atoms with Crippen LogP contribution in [0, 0.1) is 30.6 Å². The molecule has 2 aromatic carbocycles.